The summed E-state index contributed by atoms with van der Waals surface area (Å²) in [6.45, 7) is 0. The summed E-state index contributed by atoms with van der Waals surface area (Å²) in [5.74, 6) is -0.330. The SMILES string of the molecule is COc1cccc(Nc2c(C(=O)O)cnc3ccccc23)c1.Cl. The van der Waals surface area contributed by atoms with Crippen LogP contribution in [-0.2, 0) is 0 Å². The molecule has 0 unspecified atom stereocenters. The molecule has 0 amide bonds. The number of nitrogens with one attached hydrogen (secondary N) is 1. The average Bonchev–Trinajstić information content (AvgIpc) is 2.55. The standard InChI is InChI=1S/C17H14N2O3.ClH/c1-22-12-6-4-5-11(9-12)19-16-13-7-2-3-8-15(13)18-10-14(16)17(20)21;/h2-10H,1H3,(H,18,19)(H,20,21);1H. The summed E-state index contributed by atoms with van der Waals surface area (Å²) >= 11 is 0. The summed E-state index contributed by atoms with van der Waals surface area (Å²) in [4.78, 5) is 15.7. The summed E-state index contributed by atoms with van der Waals surface area (Å²) in [5, 5.41) is 13.3. The lowest BCUT2D eigenvalue weighted by Gasteiger charge is -2.13. The third-order valence-corrected chi connectivity index (χ3v) is 3.34. The Kier molecular flexibility index (Phi) is 5.03. The lowest BCUT2D eigenvalue weighted by atomic mass is 10.1. The Labute approximate surface area is 139 Å². The Morgan fingerprint density at radius 2 is 1.96 bits per heavy atom. The van der Waals surface area contributed by atoms with E-state index >= 15 is 0 Å². The lowest BCUT2D eigenvalue weighted by molar-refractivity contribution is 0.0697. The molecule has 6 heteroatoms. The van der Waals surface area contributed by atoms with Gasteiger partial charge in [-0.05, 0) is 18.2 Å². The Morgan fingerprint density at radius 1 is 1.17 bits per heavy atom. The Balaban J connectivity index is 0.00000192. The van der Waals surface area contributed by atoms with Gasteiger partial charge in [0.15, 0.2) is 0 Å². The number of ether oxygens (including phenoxy) is 1. The second-order valence-electron chi connectivity index (χ2n) is 4.73. The van der Waals surface area contributed by atoms with Crippen molar-refractivity contribution in [2.24, 2.45) is 0 Å². The van der Waals surface area contributed by atoms with Gasteiger partial charge in [0.25, 0.3) is 0 Å². The number of benzene rings is 2. The van der Waals surface area contributed by atoms with E-state index in [1.807, 2.05) is 42.5 Å². The highest BCUT2D eigenvalue weighted by Gasteiger charge is 2.14. The maximum absolute atomic E-state index is 11.5. The van der Waals surface area contributed by atoms with Gasteiger partial charge < -0.3 is 15.2 Å². The summed E-state index contributed by atoms with van der Waals surface area (Å²) in [6.07, 6.45) is 1.37. The lowest BCUT2D eigenvalue weighted by Crippen LogP contribution is -2.04. The topological polar surface area (TPSA) is 71.5 Å². The van der Waals surface area contributed by atoms with Crippen molar-refractivity contribution in [3.8, 4) is 5.75 Å². The Bertz CT molecular complexity index is 852. The highest BCUT2D eigenvalue weighted by molar-refractivity contribution is 6.05. The molecule has 0 spiro atoms. The number of para-hydroxylation sites is 1. The molecule has 5 nitrogen and oxygen atoms in total. The molecular formula is C17H15ClN2O3. The number of aromatic carboxylic acids is 1. The molecule has 2 N–H and O–H groups in total. The number of aromatic nitrogens is 1. The molecule has 0 fully saturated rings. The zero-order valence-corrected chi connectivity index (χ0v) is 13.1. The highest BCUT2D eigenvalue weighted by Crippen LogP contribution is 2.30. The smallest absolute Gasteiger partial charge is 0.339 e. The van der Waals surface area contributed by atoms with E-state index in [-0.39, 0.29) is 18.0 Å². The van der Waals surface area contributed by atoms with Gasteiger partial charge >= 0.3 is 5.97 Å². The number of anilines is 2. The largest absolute Gasteiger partial charge is 0.497 e. The molecule has 3 rings (SSSR count). The molecule has 0 bridgehead atoms. The average molecular weight is 331 g/mol. The quantitative estimate of drug-likeness (QED) is 0.753. The van der Waals surface area contributed by atoms with Gasteiger partial charge in [0.2, 0.25) is 0 Å². The minimum atomic E-state index is -1.02. The van der Waals surface area contributed by atoms with Crippen molar-refractivity contribution in [1.82, 2.24) is 4.98 Å². The molecule has 23 heavy (non-hydrogen) atoms. The number of carbonyl (C=O) groups is 1. The summed E-state index contributed by atoms with van der Waals surface area (Å²) in [5.41, 5.74) is 2.13. The monoisotopic (exact) mass is 330 g/mol. The van der Waals surface area contributed by atoms with Gasteiger partial charge in [-0.3, -0.25) is 4.98 Å². The number of hydrogen-bond acceptors (Lipinski definition) is 4. The Morgan fingerprint density at radius 3 is 2.70 bits per heavy atom. The van der Waals surface area contributed by atoms with Crippen LogP contribution in [0.2, 0.25) is 0 Å². The van der Waals surface area contributed by atoms with Crippen LogP contribution >= 0.6 is 12.4 Å². The van der Waals surface area contributed by atoms with E-state index in [0.717, 1.165) is 16.6 Å². The molecule has 0 aliphatic rings. The molecule has 0 aliphatic heterocycles. The number of carboxylic acids is 1. The molecule has 1 aromatic heterocycles. The van der Waals surface area contributed by atoms with E-state index in [1.54, 1.807) is 13.2 Å². The van der Waals surface area contributed by atoms with Crippen LogP contribution in [0.4, 0.5) is 11.4 Å². The third kappa shape index (κ3) is 3.35. The predicted molar refractivity (Wildman–Crippen MR) is 92.2 cm³/mol. The van der Waals surface area contributed by atoms with Crippen molar-refractivity contribution in [2.75, 3.05) is 12.4 Å². The van der Waals surface area contributed by atoms with E-state index in [4.69, 9.17) is 4.74 Å². The normalized spacial score (nSPS) is 9.96. The second kappa shape index (κ2) is 6.98. The van der Waals surface area contributed by atoms with Gasteiger partial charge in [0.1, 0.15) is 11.3 Å². The first-order chi connectivity index (χ1) is 10.7. The number of rotatable bonds is 4. The van der Waals surface area contributed by atoms with Crippen molar-refractivity contribution in [3.05, 3.63) is 60.3 Å². The first kappa shape index (κ1) is 16.6. The van der Waals surface area contributed by atoms with Crippen molar-refractivity contribution in [3.63, 3.8) is 0 Å². The number of nitrogens with zero attached hydrogens (tertiary/aromatic N) is 1. The molecule has 2 aromatic carbocycles. The molecule has 0 radical (unpaired) electrons. The molecule has 0 atom stereocenters. The highest BCUT2D eigenvalue weighted by atomic mass is 35.5. The minimum Gasteiger partial charge on any atom is -0.497 e. The van der Waals surface area contributed by atoms with Crippen LogP contribution in [0.1, 0.15) is 10.4 Å². The van der Waals surface area contributed by atoms with Gasteiger partial charge in [0.05, 0.1) is 18.3 Å². The molecule has 3 aromatic rings. The zero-order valence-electron chi connectivity index (χ0n) is 12.3. The zero-order chi connectivity index (χ0) is 15.5. The van der Waals surface area contributed by atoms with Gasteiger partial charge in [-0.1, -0.05) is 24.3 Å². The second-order valence-corrected chi connectivity index (χ2v) is 4.73. The van der Waals surface area contributed by atoms with E-state index in [2.05, 4.69) is 10.3 Å². The minimum absolute atomic E-state index is 0. The van der Waals surface area contributed by atoms with Crippen molar-refractivity contribution in [1.29, 1.82) is 0 Å². The molecule has 1 heterocycles. The number of methoxy groups -OCH3 is 1. The fourth-order valence-corrected chi connectivity index (χ4v) is 2.28. The maximum atomic E-state index is 11.5. The molecular weight excluding hydrogens is 316 g/mol. The van der Waals surface area contributed by atoms with Crippen LogP contribution in [0.25, 0.3) is 10.9 Å². The van der Waals surface area contributed by atoms with Crippen molar-refractivity contribution < 1.29 is 14.6 Å². The van der Waals surface area contributed by atoms with Crippen LogP contribution < -0.4 is 10.1 Å². The molecule has 0 saturated carbocycles. The van der Waals surface area contributed by atoms with Gasteiger partial charge in [-0.2, -0.15) is 0 Å². The number of pyridine rings is 1. The Hall–Kier alpha value is -2.79. The van der Waals surface area contributed by atoms with Crippen LogP contribution in [-0.4, -0.2) is 23.2 Å². The summed E-state index contributed by atoms with van der Waals surface area (Å²) in [7, 11) is 1.59. The van der Waals surface area contributed by atoms with E-state index in [9.17, 15) is 9.90 Å². The maximum Gasteiger partial charge on any atom is 0.339 e. The van der Waals surface area contributed by atoms with E-state index in [1.165, 1.54) is 6.20 Å². The van der Waals surface area contributed by atoms with Gasteiger partial charge in [0, 0.05) is 23.3 Å². The van der Waals surface area contributed by atoms with E-state index < -0.39 is 5.97 Å². The summed E-state index contributed by atoms with van der Waals surface area (Å²) in [6, 6.07) is 14.7. The van der Waals surface area contributed by atoms with E-state index in [0.29, 0.717) is 11.4 Å². The number of carboxylic acid groups (broad SMARTS) is 1. The fourth-order valence-electron chi connectivity index (χ4n) is 2.28. The van der Waals surface area contributed by atoms with Gasteiger partial charge in [-0.25, -0.2) is 4.79 Å². The summed E-state index contributed by atoms with van der Waals surface area (Å²) < 4.78 is 5.19. The van der Waals surface area contributed by atoms with Gasteiger partial charge in [-0.15, -0.1) is 12.4 Å². The first-order valence-corrected chi connectivity index (χ1v) is 6.71. The predicted octanol–water partition coefficient (Wildman–Crippen LogP) is 4.11. The fraction of sp³-hybridized carbons (Fsp3) is 0.0588. The number of halogens is 1. The number of hydrogen-bond donors (Lipinski definition) is 2. The molecule has 118 valence electrons. The molecule has 0 aliphatic carbocycles. The first-order valence-electron chi connectivity index (χ1n) is 6.71. The molecule has 0 saturated heterocycles. The van der Waals surface area contributed by atoms with Crippen LogP contribution in [0.15, 0.2) is 54.7 Å². The third-order valence-electron chi connectivity index (χ3n) is 3.34. The van der Waals surface area contributed by atoms with Crippen LogP contribution in [0.5, 0.6) is 5.75 Å². The van der Waals surface area contributed by atoms with Crippen LogP contribution in [0, 0.1) is 0 Å². The number of fused-ring (bicyclic) bond motifs is 1. The van der Waals surface area contributed by atoms with Crippen molar-refractivity contribution >= 4 is 40.7 Å². The van der Waals surface area contributed by atoms with Crippen molar-refractivity contribution in [2.45, 2.75) is 0 Å². The van der Waals surface area contributed by atoms with Crippen LogP contribution in [0.3, 0.4) is 0 Å².